The van der Waals surface area contributed by atoms with Crippen LogP contribution in [0.2, 0.25) is 0 Å². The Labute approximate surface area is 198 Å². The van der Waals surface area contributed by atoms with Crippen molar-refractivity contribution in [3.63, 3.8) is 0 Å². The monoisotopic (exact) mass is 514 g/mol. The van der Waals surface area contributed by atoms with Crippen LogP contribution in [-0.4, -0.2) is 28.1 Å². The largest absolute Gasteiger partial charge is 0.489 e. The number of nitrogens with zero attached hydrogens (tertiary/aromatic N) is 1. The van der Waals surface area contributed by atoms with Gasteiger partial charge in [0.05, 0.1) is 5.69 Å². The third kappa shape index (κ3) is 4.85. The molecular formula is C25H27BrN2O3S. The topological polar surface area (TPSA) is 58.6 Å². The highest BCUT2D eigenvalue weighted by molar-refractivity contribution is 9.10. The molecule has 168 valence electrons. The zero-order chi connectivity index (χ0) is 22.7. The molecule has 1 unspecified atom stereocenters. The molecule has 2 atom stereocenters. The maximum Gasteiger partial charge on any atom is 0.265 e. The summed E-state index contributed by atoms with van der Waals surface area (Å²) in [5.74, 6) is 0.752. The Balaban J connectivity index is 1.47. The lowest BCUT2D eigenvalue weighted by atomic mass is 10.0. The number of aryl methyl sites for hydroxylation is 1. The Morgan fingerprint density at radius 3 is 2.56 bits per heavy atom. The molecule has 0 spiro atoms. The molecular weight excluding hydrogens is 488 g/mol. The molecule has 1 aliphatic heterocycles. The summed E-state index contributed by atoms with van der Waals surface area (Å²) < 4.78 is 34.4. The van der Waals surface area contributed by atoms with E-state index in [2.05, 4.69) is 40.3 Å². The Morgan fingerprint density at radius 2 is 1.81 bits per heavy atom. The smallest absolute Gasteiger partial charge is 0.265 e. The second-order valence-electron chi connectivity index (χ2n) is 8.01. The molecule has 5 nitrogen and oxygen atoms in total. The van der Waals surface area contributed by atoms with Crippen molar-refractivity contribution in [1.29, 1.82) is 0 Å². The van der Waals surface area contributed by atoms with E-state index >= 15 is 0 Å². The normalized spacial score (nSPS) is 16.7. The molecule has 0 bridgehead atoms. The first-order valence-electron chi connectivity index (χ1n) is 10.7. The number of hydrogen-bond donors (Lipinski definition) is 1. The van der Waals surface area contributed by atoms with Crippen molar-refractivity contribution in [3.05, 3.63) is 88.4 Å². The van der Waals surface area contributed by atoms with Gasteiger partial charge in [0.15, 0.2) is 0 Å². The van der Waals surface area contributed by atoms with Gasteiger partial charge in [-0.15, -0.1) is 0 Å². The van der Waals surface area contributed by atoms with Crippen LogP contribution >= 0.6 is 15.9 Å². The molecule has 3 aromatic carbocycles. The van der Waals surface area contributed by atoms with E-state index in [1.807, 2.05) is 36.4 Å². The van der Waals surface area contributed by atoms with Crippen molar-refractivity contribution in [1.82, 2.24) is 5.32 Å². The van der Waals surface area contributed by atoms with Gasteiger partial charge in [0.25, 0.3) is 10.0 Å². The molecule has 7 heteroatoms. The maximum atomic E-state index is 13.1. The quantitative estimate of drug-likeness (QED) is 0.463. The van der Waals surface area contributed by atoms with Crippen molar-refractivity contribution in [2.75, 3.05) is 17.9 Å². The standard InChI is InChI=1S/C25H27BrN2O3S/c1-18(19-8-4-3-5-9-19)27-17-22-15-13-20-12-14-21(16-24(20)31-22)28(2)32(29,30)25-11-7-6-10-23(25)26/h3-12,14,16,18,22,27H,13,15,17H2,1-2H3/t18-,22?/m1/s1. The molecule has 0 amide bonds. The van der Waals surface area contributed by atoms with Crippen LogP contribution in [0.1, 0.15) is 30.5 Å². The minimum absolute atomic E-state index is 0.0362. The van der Waals surface area contributed by atoms with E-state index in [0.29, 0.717) is 10.2 Å². The first kappa shape index (κ1) is 22.8. The van der Waals surface area contributed by atoms with Gasteiger partial charge in [0, 0.05) is 30.2 Å². The highest BCUT2D eigenvalue weighted by Gasteiger charge is 2.26. The fourth-order valence-corrected chi connectivity index (χ4v) is 6.01. The molecule has 1 N–H and O–H groups in total. The second kappa shape index (κ2) is 9.65. The molecule has 4 rings (SSSR count). The van der Waals surface area contributed by atoms with Gasteiger partial charge >= 0.3 is 0 Å². The summed E-state index contributed by atoms with van der Waals surface area (Å²) in [6.45, 7) is 2.87. The zero-order valence-corrected chi connectivity index (χ0v) is 20.6. The number of rotatable bonds is 7. The van der Waals surface area contributed by atoms with Crippen molar-refractivity contribution in [2.45, 2.75) is 36.8 Å². The second-order valence-corrected chi connectivity index (χ2v) is 10.8. The first-order chi connectivity index (χ1) is 15.4. The van der Waals surface area contributed by atoms with Crippen LogP contribution in [0.5, 0.6) is 5.75 Å². The average molecular weight is 515 g/mol. The van der Waals surface area contributed by atoms with E-state index in [-0.39, 0.29) is 17.0 Å². The van der Waals surface area contributed by atoms with Crippen LogP contribution in [0.15, 0.2) is 82.2 Å². The summed E-state index contributed by atoms with van der Waals surface area (Å²) in [6, 6.07) is 23.0. The van der Waals surface area contributed by atoms with Crippen LogP contribution in [0.4, 0.5) is 5.69 Å². The summed E-state index contributed by atoms with van der Waals surface area (Å²) >= 11 is 3.35. The minimum atomic E-state index is -3.70. The molecule has 3 aromatic rings. The highest BCUT2D eigenvalue weighted by atomic mass is 79.9. The lowest BCUT2D eigenvalue weighted by molar-refractivity contribution is 0.167. The van der Waals surface area contributed by atoms with Crippen LogP contribution in [0.25, 0.3) is 0 Å². The summed E-state index contributed by atoms with van der Waals surface area (Å²) in [5, 5.41) is 3.55. The molecule has 1 aliphatic rings. The Bertz CT molecular complexity index is 1180. The predicted octanol–water partition coefficient (Wildman–Crippen LogP) is 5.32. The number of fused-ring (bicyclic) bond motifs is 1. The van der Waals surface area contributed by atoms with E-state index in [9.17, 15) is 8.42 Å². The van der Waals surface area contributed by atoms with Gasteiger partial charge in [-0.05, 0) is 65.0 Å². The predicted molar refractivity (Wildman–Crippen MR) is 132 cm³/mol. The zero-order valence-electron chi connectivity index (χ0n) is 18.2. The summed E-state index contributed by atoms with van der Waals surface area (Å²) in [6.07, 6.45) is 1.86. The third-order valence-electron chi connectivity index (χ3n) is 5.87. The van der Waals surface area contributed by atoms with Crippen LogP contribution in [0, 0.1) is 0 Å². The van der Waals surface area contributed by atoms with Gasteiger partial charge in [-0.2, -0.15) is 0 Å². The Kier molecular flexibility index (Phi) is 6.88. The van der Waals surface area contributed by atoms with Crippen molar-refractivity contribution in [3.8, 4) is 5.75 Å². The van der Waals surface area contributed by atoms with Crippen molar-refractivity contribution < 1.29 is 13.2 Å². The SMILES string of the molecule is C[C@@H](NCC1CCc2ccc(N(C)S(=O)(=O)c3ccccc3Br)cc2O1)c1ccccc1. The van der Waals surface area contributed by atoms with Gasteiger partial charge in [-0.1, -0.05) is 48.5 Å². The Hall–Kier alpha value is -2.35. The van der Waals surface area contributed by atoms with Crippen LogP contribution in [0.3, 0.4) is 0 Å². The lowest BCUT2D eigenvalue weighted by Gasteiger charge is -2.29. The highest BCUT2D eigenvalue weighted by Crippen LogP contribution is 2.34. The van der Waals surface area contributed by atoms with Crippen LogP contribution in [-0.2, 0) is 16.4 Å². The molecule has 0 radical (unpaired) electrons. The van der Waals surface area contributed by atoms with Crippen LogP contribution < -0.4 is 14.4 Å². The molecule has 0 aromatic heterocycles. The van der Waals surface area contributed by atoms with E-state index in [1.54, 1.807) is 31.3 Å². The molecule has 0 saturated carbocycles. The number of benzene rings is 3. The fourth-order valence-electron chi connectivity index (χ4n) is 3.86. The molecule has 0 saturated heterocycles. The molecule has 0 fully saturated rings. The van der Waals surface area contributed by atoms with E-state index in [0.717, 1.165) is 30.7 Å². The lowest BCUT2D eigenvalue weighted by Crippen LogP contribution is -2.35. The number of sulfonamides is 1. The Morgan fingerprint density at radius 1 is 1.09 bits per heavy atom. The maximum absolute atomic E-state index is 13.1. The number of hydrogen-bond acceptors (Lipinski definition) is 4. The van der Waals surface area contributed by atoms with Gasteiger partial charge in [0.2, 0.25) is 0 Å². The minimum Gasteiger partial charge on any atom is -0.489 e. The molecule has 32 heavy (non-hydrogen) atoms. The van der Waals surface area contributed by atoms with Gasteiger partial charge < -0.3 is 10.1 Å². The first-order valence-corrected chi connectivity index (χ1v) is 12.9. The van der Waals surface area contributed by atoms with E-state index in [4.69, 9.17) is 4.74 Å². The van der Waals surface area contributed by atoms with E-state index < -0.39 is 10.0 Å². The summed E-state index contributed by atoms with van der Waals surface area (Å²) in [4.78, 5) is 0.234. The third-order valence-corrected chi connectivity index (χ3v) is 8.67. The van der Waals surface area contributed by atoms with Gasteiger partial charge in [0.1, 0.15) is 16.7 Å². The number of halogens is 1. The number of anilines is 1. The molecule has 1 heterocycles. The van der Waals surface area contributed by atoms with E-state index in [1.165, 1.54) is 9.87 Å². The van der Waals surface area contributed by atoms with Crippen molar-refractivity contribution >= 4 is 31.6 Å². The number of ether oxygens (including phenoxy) is 1. The average Bonchev–Trinajstić information content (AvgIpc) is 2.82. The number of nitrogens with one attached hydrogen (secondary N) is 1. The van der Waals surface area contributed by atoms with Gasteiger partial charge in [-0.3, -0.25) is 4.31 Å². The fraction of sp³-hybridized carbons (Fsp3) is 0.280. The van der Waals surface area contributed by atoms with Gasteiger partial charge in [-0.25, -0.2) is 8.42 Å². The summed E-state index contributed by atoms with van der Waals surface area (Å²) in [5.41, 5.74) is 2.92. The van der Waals surface area contributed by atoms with Crippen molar-refractivity contribution in [2.24, 2.45) is 0 Å². The molecule has 0 aliphatic carbocycles. The summed E-state index contributed by atoms with van der Waals surface area (Å²) in [7, 11) is -2.13.